The van der Waals surface area contributed by atoms with Crippen molar-refractivity contribution < 1.29 is 23.2 Å². The van der Waals surface area contributed by atoms with Crippen molar-refractivity contribution in [2.75, 3.05) is 6.38 Å². The van der Waals surface area contributed by atoms with Gasteiger partial charge in [-0.05, 0) is 0 Å². The molecule has 0 saturated heterocycles. The van der Waals surface area contributed by atoms with Crippen molar-refractivity contribution in [1.29, 1.82) is 0 Å². The van der Waals surface area contributed by atoms with Gasteiger partial charge < -0.3 is 0 Å². The number of rotatable bonds is 4. The van der Waals surface area contributed by atoms with E-state index in [1.165, 1.54) is 23.1 Å². The maximum Gasteiger partial charge on any atom is 0.0108 e. The normalized spacial score (nSPS) is 13.6. The summed E-state index contributed by atoms with van der Waals surface area (Å²) in [5.41, 5.74) is 7.57. The number of terminal acetylenes is 1. The van der Waals surface area contributed by atoms with Crippen molar-refractivity contribution >= 4 is 14.9 Å². The molecule has 25 heavy (non-hydrogen) atoms. The number of fused-ring (bicyclic) bond motifs is 3. The summed E-state index contributed by atoms with van der Waals surface area (Å²) in [7, 11) is 0. The molecule has 2 aromatic rings. The zero-order chi connectivity index (χ0) is 17.6. The van der Waals surface area contributed by atoms with Crippen LogP contribution in [0.5, 0.6) is 0 Å². The van der Waals surface area contributed by atoms with Crippen LogP contribution in [-0.4, -0.2) is 6.38 Å². The van der Waals surface area contributed by atoms with Gasteiger partial charge in [-0.2, -0.15) is 0 Å². The average molecular weight is 424 g/mol. The predicted molar refractivity (Wildman–Crippen MR) is 105 cm³/mol. The van der Waals surface area contributed by atoms with Crippen molar-refractivity contribution in [2.24, 2.45) is 0 Å². The minimum absolute atomic E-state index is 0.749. The predicted octanol–water partition coefficient (Wildman–Crippen LogP) is 5.45. The number of alkyl halides is 1. The fourth-order valence-corrected chi connectivity index (χ4v) is 7.12. The fourth-order valence-electron chi connectivity index (χ4n) is 3.56. The Bertz CT molecular complexity index is 868. The van der Waals surface area contributed by atoms with Crippen LogP contribution in [0.1, 0.15) is 30.4 Å². The third-order valence-corrected chi connectivity index (χ3v) is 8.48. The molecule has 0 aliphatic heterocycles. The van der Waals surface area contributed by atoms with Gasteiger partial charge in [-0.3, -0.25) is 0 Å². The first-order chi connectivity index (χ1) is 12.4. The van der Waals surface area contributed by atoms with Crippen molar-refractivity contribution in [3.05, 3.63) is 74.6 Å². The Balaban J connectivity index is 0.000000880. The third kappa shape index (κ3) is 3.92. The van der Waals surface area contributed by atoms with E-state index in [1.807, 2.05) is 0 Å². The van der Waals surface area contributed by atoms with Crippen LogP contribution in [0.4, 0.5) is 0 Å². The molecule has 2 aromatic carbocycles. The van der Waals surface area contributed by atoms with Crippen molar-refractivity contribution in [1.82, 2.24) is 0 Å². The van der Waals surface area contributed by atoms with Crippen molar-refractivity contribution in [2.45, 2.75) is 25.7 Å². The molecule has 0 radical (unpaired) electrons. The zero-order valence-electron chi connectivity index (χ0n) is 14.5. The Kier molecular flexibility index (Phi) is 6.53. The minimum atomic E-state index is -0.749. The smallest absolute Gasteiger partial charge is 0.0108 e. The van der Waals surface area contributed by atoms with Crippen LogP contribution >= 0.6 is 11.6 Å². The number of hydrogen-bond acceptors (Lipinski definition) is 0. The maximum atomic E-state index is 5.45. The molecule has 0 fully saturated rings. The molecule has 0 N–H and O–H groups in total. The Labute approximate surface area is 167 Å². The van der Waals surface area contributed by atoms with E-state index < -0.39 is 23.2 Å². The van der Waals surface area contributed by atoms with Crippen LogP contribution in [0.25, 0.3) is 11.1 Å². The van der Waals surface area contributed by atoms with Crippen LogP contribution in [0.15, 0.2) is 63.5 Å². The summed E-state index contributed by atoms with van der Waals surface area (Å²) in [4.78, 5) is 0. The number of halogens is 1. The molecule has 2 aliphatic rings. The molecule has 124 valence electrons. The van der Waals surface area contributed by atoms with Gasteiger partial charge in [0.05, 0.1) is 0 Å². The molecular weight excluding hydrogens is 403 g/mol. The van der Waals surface area contributed by atoms with Crippen LogP contribution in [0.2, 0.25) is 0 Å². The standard InChI is InChI=1S/C13H9.C9H9.CH3Cl.Zr/c1-3-7-12-10(5-1)9-11-6-2-4-8-13(11)12;1-2-3-6-9-7-4-5-8-9;1-2;/h1-5,7-8H,9H2;1,4-5H,3,6-7H2;1H3;. The summed E-state index contributed by atoms with van der Waals surface area (Å²) in [6.45, 7) is 0. The number of hydrogen-bond donors (Lipinski definition) is 0. The van der Waals surface area contributed by atoms with Gasteiger partial charge in [0.15, 0.2) is 0 Å². The second kappa shape index (κ2) is 8.84. The molecule has 2 aliphatic carbocycles. The van der Waals surface area contributed by atoms with E-state index >= 15 is 0 Å². The first kappa shape index (κ1) is 18.4. The van der Waals surface area contributed by atoms with E-state index in [0.717, 1.165) is 25.7 Å². The first-order valence-corrected chi connectivity index (χ1v) is 11.7. The van der Waals surface area contributed by atoms with Crippen LogP contribution < -0.4 is 3.27 Å². The monoisotopic (exact) mass is 422 g/mol. The van der Waals surface area contributed by atoms with E-state index in [2.05, 4.69) is 72.1 Å². The molecule has 0 spiro atoms. The molecule has 0 nitrogen and oxygen atoms in total. The topological polar surface area (TPSA) is 0 Å². The molecule has 0 amide bonds. The second-order valence-electron chi connectivity index (χ2n) is 6.12. The van der Waals surface area contributed by atoms with E-state index in [1.54, 1.807) is 17.7 Å². The van der Waals surface area contributed by atoms with E-state index in [9.17, 15) is 0 Å². The zero-order valence-corrected chi connectivity index (χ0v) is 17.7. The molecule has 0 aromatic heterocycles. The molecule has 0 heterocycles. The number of allylic oxidation sites excluding steroid dienone is 4. The Morgan fingerprint density at radius 1 is 1.08 bits per heavy atom. The van der Waals surface area contributed by atoms with Gasteiger partial charge in [-0.25, -0.2) is 0 Å². The molecule has 0 saturated carbocycles. The summed E-state index contributed by atoms with van der Waals surface area (Å²) in [6, 6.07) is 15.8. The molecule has 2 heteroatoms. The number of benzene rings is 2. The molecule has 4 rings (SSSR count). The Morgan fingerprint density at radius 2 is 1.88 bits per heavy atom. The van der Waals surface area contributed by atoms with E-state index in [0.29, 0.717) is 0 Å². The molecule has 0 unspecified atom stereocenters. The summed E-state index contributed by atoms with van der Waals surface area (Å²) in [5.74, 6) is 2.79. The van der Waals surface area contributed by atoms with Gasteiger partial charge in [0.1, 0.15) is 0 Å². The van der Waals surface area contributed by atoms with Crippen molar-refractivity contribution in [3.63, 3.8) is 0 Å². The van der Waals surface area contributed by atoms with Crippen molar-refractivity contribution in [3.8, 4) is 23.5 Å². The summed E-state index contributed by atoms with van der Waals surface area (Å²) in [5, 5.41) is 0. The molecular formula is C23H21ClZr. The summed E-state index contributed by atoms with van der Waals surface area (Å²) < 4.78 is 3.29. The first-order valence-electron chi connectivity index (χ1n) is 8.54. The van der Waals surface area contributed by atoms with Crippen LogP contribution in [0.3, 0.4) is 0 Å². The van der Waals surface area contributed by atoms with Gasteiger partial charge in [0, 0.05) is 6.38 Å². The van der Waals surface area contributed by atoms with Gasteiger partial charge in [-0.1, -0.05) is 0 Å². The minimum Gasteiger partial charge on any atom is -0.130 e. The summed E-state index contributed by atoms with van der Waals surface area (Å²) >= 11 is 3.89. The molecule has 0 bridgehead atoms. The Hall–Kier alpha value is -1.35. The van der Waals surface area contributed by atoms with E-state index in [4.69, 9.17) is 6.42 Å². The summed E-state index contributed by atoms with van der Waals surface area (Å²) in [6.07, 6.45) is 15.8. The second-order valence-corrected chi connectivity index (χ2v) is 9.38. The maximum absolute atomic E-state index is 5.45. The third-order valence-electron chi connectivity index (χ3n) is 4.72. The van der Waals surface area contributed by atoms with Gasteiger partial charge in [-0.15, -0.1) is 11.6 Å². The molecule has 0 atom stereocenters. The van der Waals surface area contributed by atoms with Gasteiger partial charge in [0.2, 0.25) is 0 Å². The van der Waals surface area contributed by atoms with Gasteiger partial charge in [0.25, 0.3) is 0 Å². The Morgan fingerprint density at radius 3 is 2.72 bits per heavy atom. The quantitative estimate of drug-likeness (QED) is 0.386. The van der Waals surface area contributed by atoms with Crippen LogP contribution in [-0.2, 0) is 29.7 Å². The SMILES string of the molecule is C#CCCC1=[C]([Zr][c]2cccc3c2Cc2ccccc2-3)C=CC1.CCl. The van der Waals surface area contributed by atoms with Gasteiger partial charge >= 0.3 is 150 Å². The van der Waals surface area contributed by atoms with Crippen LogP contribution in [0, 0.1) is 12.3 Å². The average Bonchev–Trinajstić information content (AvgIpc) is 3.26. The largest absolute Gasteiger partial charge is 0.130 e. The fraction of sp³-hybridized carbons (Fsp3) is 0.217. The van der Waals surface area contributed by atoms with E-state index in [-0.39, 0.29) is 0 Å².